The zero-order valence-electron chi connectivity index (χ0n) is 18.3. The Morgan fingerprint density at radius 1 is 0.939 bits per heavy atom. The standard InChI is InChI=1S/C26H22N6S/c1-32(2)15-16-9-17(13-27-12-16)22-11-20-24(14-28-22)30-31-26(20)23-10-19-18(25-7-4-8-33-25)5-3-6-21(19)29-23/h3-14,29H,15H2,1-2H3,(H,30,31). The van der Waals surface area contributed by atoms with Crippen molar-refractivity contribution in [2.45, 2.75) is 6.54 Å². The van der Waals surface area contributed by atoms with Gasteiger partial charge in [0.15, 0.2) is 0 Å². The second-order valence-electron chi connectivity index (χ2n) is 8.43. The van der Waals surface area contributed by atoms with Crippen molar-refractivity contribution in [2.75, 3.05) is 14.1 Å². The van der Waals surface area contributed by atoms with Gasteiger partial charge in [0.05, 0.1) is 23.1 Å². The lowest BCUT2D eigenvalue weighted by molar-refractivity contribution is 0.402. The molecule has 5 aromatic heterocycles. The van der Waals surface area contributed by atoms with Gasteiger partial charge in [0.2, 0.25) is 0 Å². The fourth-order valence-electron chi connectivity index (χ4n) is 4.29. The Balaban J connectivity index is 1.45. The van der Waals surface area contributed by atoms with Gasteiger partial charge in [-0.2, -0.15) is 5.10 Å². The Morgan fingerprint density at radius 2 is 1.88 bits per heavy atom. The molecule has 1 aromatic carbocycles. The summed E-state index contributed by atoms with van der Waals surface area (Å²) in [6.07, 6.45) is 5.61. The van der Waals surface area contributed by atoms with Crippen LogP contribution >= 0.6 is 11.3 Å². The first-order valence-corrected chi connectivity index (χ1v) is 11.6. The molecule has 0 atom stereocenters. The number of nitrogens with zero attached hydrogens (tertiary/aromatic N) is 4. The molecule has 0 aliphatic rings. The zero-order valence-corrected chi connectivity index (χ0v) is 19.1. The van der Waals surface area contributed by atoms with Gasteiger partial charge in [-0.05, 0) is 55.4 Å². The SMILES string of the molecule is CN(C)Cc1cncc(-c2cc3c(-c4cc5c(-c6cccs6)cccc5[nH]4)n[nH]c3cn2)c1. The summed E-state index contributed by atoms with van der Waals surface area (Å²) in [7, 11) is 4.11. The van der Waals surface area contributed by atoms with Crippen LogP contribution in [-0.4, -0.2) is 44.1 Å². The summed E-state index contributed by atoms with van der Waals surface area (Å²) < 4.78 is 0. The second-order valence-corrected chi connectivity index (χ2v) is 9.38. The van der Waals surface area contributed by atoms with Gasteiger partial charge in [0.25, 0.3) is 0 Å². The number of hydrogen-bond acceptors (Lipinski definition) is 5. The van der Waals surface area contributed by atoms with Crippen LogP contribution in [0.3, 0.4) is 0 Å². The first-order chi connectivity index (χ1) is 16.2. The summed E-state index contributed by atoms with van der Waals surface area (Å²) in [5.41, 5.74) is 8.15. The molecule has 0 fully saturated rings. The summed E-state index contributed by atoms with van der Waals surface area (Å²) >= 11 is 1.75. The quantitative estimate of drug-likeness (QED) is 0.340. The summed E-state index contributed by atoms with van der Waals surface area (Å²) in [5.74, 6) is 0. The van der Waals surface area contributed by atoms with Gasteiger partial charge in [-0.3, -0.25) is 15.1 Å². The highest BCUT2D eigenvalue weighted by Crippen LogP contribution is 2.36. The van der Waals surface area contributed by atoms with Gasteiger partial charge in [0, 0.05) is 51.2 Å². The third kappa shape index (κ3) is 3.61. The molecule has 33 heavy (non-hydrogen) atoms. The third-order valence-corrected chi connectivity index (χ3v) is 6.65. The third-order valence-electron chi connectivity index (χ3n) is 5.74. The van der Waals surface area contributed by atoms with Crippen molar-refractivity contribution in [1.82, 2.24) is 30.0 Å². The van der Waals surface area contributed by atoms with Gasteiger partial charge in [-0.1, -0.05) is 18.2 Å². The zero-order chi connectivity index (χ0) is 22.4. The van der Waals surface area contributed by atoms with Crippen LogP contribution in [0.15, 0.2) is 72.5 Å². The van der Waals surface area contributed by atoms with Gasteiger partial charge < -0.3 is 9.88 Å². The number of benzene rings is 1. The van der Waals surface area contributed by atoms with E-state index >= 15 is 0 Å². The molecule has 0 saturated heterocycles. The van der Waals surface area contributed by atoms with Crippen molar-refractivity contribution in [3.05, 3.63) is 78.1 Å². The molecule has 0 bridgehead atoms. The minimum atomic E-state index is 0.835. The van der Waals surface area contributed by atoms with Crippen LogP contribution in [0.4, 0.5) is 0 Å². The first kappa shape index (κ1) is 19.8. The highest BCUT2D eigenvalue weighted by Gasteiger charge is 2.15. The molecule has 0 aliphatic carbocycles. The van der Waals surface area contributed by atoms with Crippen molar-refractivity contribution in [1.29, 1.82) is 0 Å². The number of aromatic nitrogens is 5. The van der Waals surface area contributed by atoms with Crippen molar-refractivity contribution >= 4 is 33.1 Å². The second kappa shape index (κ2) is 7.95. The number of nitrogens with one attached hydrogen (secondary N) is 2. The lowest BCUT2D eigenvalue weighted by Crippen LogP contribution is -2.10. The Labute approximate surface area is 195 Å². The van der Waals surface area contributed by atoms with E-state index in [2.05, 4.69) is 98.1 Å². The first-order valence-electron chi connectivity index (χ1n) is 10.7. The maximum absolute atomic E-state index is 4.66. The van der Waals surface area contributed by atoms with E-state index in [1.54, 1.807) is 11.3 Å². The maximum atomic E-state index is 4.66. The number of thiophene rings is 1. The molecule has 162 valence electrons. The molecule has 6 nitrogen and oxygen atoms in total. The number of aromatic amines is 2. The topological polar surface area (TPSA) is 73.5 Å². The summed E-state index contributed by atoms with van der Waals surface area (Å²) in [6, 6.07) is 17.1. The molecule has 7 heteroatoms. The highest BCUT2D eigenvalue weighted by atomic mass is 32.1. The van der Waals surface area contributed by atoms with Gasteiger partial charge >= 0.3 is 0 Å². The highest BCUT2D eigenvalue weighted by molar-refractivity contribution is 7.13. The lowest BCUT2D eigenvalue weighted by Gasteiger charge is -2.10. The van der Waals surface area contributed by atoms with E-state index in [1.807, 2.05) is 18.6 Å². The molecular formula is C26H22N6S. The van der Waals surface area contributed by atoms with Crippen molar-refractivity contribution < 1.29 is 0 Å². The monoisotopic (exact) mass is 450 g/mol. The number of fused-ring (bicyclic) bond motifs is 2. The molecular weight excluding hydrogens is 428 g/mol. The molecule has 0 unspecified atom stereocenters. The fraction of sp³-hybridized carbons (Fsp3) is 0.115. The summed E-state index contributed by atoms with van der Waals surface area (Å²) in [5, 5.41) is 12.1. The minimum absolute atomic E-state index is 0.835. The van der Waals surface area contributed by atoms with Crippen molar-refractivity contribution in [3.63, 3.8) is 0 Å². The normalized spacial score (nSPS) is 11.7. The number of rotatable bonds is 5. The summed E-state index contributed by atoms with van der Waals surface area (Å²) in [6.45, 7) is 0.835. The van der Waals surface area contributed by atoms with E-state index in [-0.39, 0.29) is 0 Å². The average molecular weight is 451 g/mol. The van der Waals surface area contributed by atoms with Crippen molar-refractivity contribution in [3.8, 4) is 33.1 Å². The van der Waals surface area contributed by atoms with Crippen LogP contribution in [0.25, 0.3) is 54.9 Å². The molecule has 5 heterocycles. The Hall–Kier alpha value is -3.81. The van der Waals surface area contributed by atoms with E-state index in [4.69, 9.17) is 0 Å². The van der Waals surface area contributed by atoms with Gasteiger partial charge in [-0.15, -0.1) is 11.3 Å². The molecule has 2 N–H and O–H groups in total. The Bertz CT molecular complexity index is 1580. The molecule has 6 aromatic rings. The molecule has 0 saturated carbocycles. The Morgan fingerprint density at radius 3 is 2.73 bits per heavy atom. The van der Waals surface area contributed by atoms with Gasteiger partial charge in [0.1, 0.15) is 5.69 Å². The maximum Gasteiger partial charge on any atom is 0.116 e. The van der Waals surface area contributed by atoms with E-state index < -0.39 is 0 Å². The fourth-order valence-corrected chi connectivity index (χ4v) is 5.05. The number of pyridine rings is 2. The van der Waals surface area contributed by atoms with E-state index in [9.17, 15) is 0 Å². The largest absolute Gasteiger partial charge is 0.353 e. The predicted octanol–water partition coefficient (Wildman–Crippen LogP) is 5.96. The van der Waals surface area contributed by atoms with Crippen LogP contribution in [0.5, 0.6) is 0 Å². The number of hydrogen-bond donors (Lipinski definition) is 2. The Kier molecular flexibility index (Phi) is 4.78. The van der Waals surface area contributed by atoms with Crippen LogP contribution < -0.4 is 0 Å². The predicted molar refractivity (Wildman–Crippen MR) is 135 cm³/mol. The minimum Gasteiger partial charge on any atom is -0.353 e. The molecule has 0 spiro atoms. The van der Waals surface area contributed by atoms with E-state index in [0.717, 1.165) is 51.2 Å². The van der Waals surface area contributed by atoms with E-state index in [1.165, 1.54) is 15.8 Å². The molecule has 0 aliphatic heterocycles. The summed E-state index contributed by atoms with van der Waals surface area (Å²) in [4.78, 5) is 16.0. The molecule has 0 radical (unpaired) electrons. The smallest absolute Gasteiger partial charge is 0.116 e. The number of H-pyrrole nitrogens is 2. The molecule has 0 amide bonds. The van der Waals surface area contributed by atoms with Crippen molar-refractivity contribution in [2.24, 2.45) is 0 Å². The molecule has 6 rings (SSSR count). The average Bonchev–Trinajstić information content (AvgIpc) is 3.57. The van der Waals surface area contributed by atoms with Crippen LogP contribution in [0, 0.1) is 0 Å². The van der Waals surface area contributed by atoms with Gasteiger partial charge in [-0.25, -0.2) is 0 Å². The van der Waals surface area contributed by atoms with E-state index in [0.29, 0.717) is 0 Å². The van der Waals surface area contributed by atoms with Crippen LogP contribution in [0.1, 0.15) is 5.56 Å². The van der Waals surface area contributed by atoms with Crippen LogP contribution in [-0.2, 0) is 6.54 Å². The lowest BCUT2D eigenvalue weighted by atomic mass is 10.1. The van der Waals surface area contributed by atoms with Crippen LogP contribution in [0.2, 0.25) is 0 Å².